The molecule has 2 N–H and O–H groups in total. The lowest BCUT2D eigenvalue weighted by Crippen LogP contribution is -2.09. The number of benzene rings is 1. The number of hydrogen-bond acceptors (Lipinski definition) is 3. The average Bonchev–Trinajstić information content (AvgIpc) is 2.72. The van der Waals surface area contributed by atoms with Gasteiger partial charge in [0.05, 0.1) is 10.7 Å². The molecule has 1 aliphatic carbocycles. The van der Waals surface area contributed by atoms with Gasteiger partial charge in [0.25, 0.3) is 0 Å². The van der Waals surface area contributed by atoms with E-state index in [-0.39, 0.29) is 0 Å². The quantitative estimate of drug-likeness (QED) is 0.821. The zero-order valence-corrected chi connectivity index (χ0v) is 12.8. The van der Waals surface area contributed by atoms with Crippen molar-refractivity contribution in [1.82, 2.24) is 4.98 Å². The van der Waals surface area contributed by atoms with E-state index in [0.29, 0.717) is 11.0 Å². The largest absolute Gasteiger partial charge is 0.375 e. The van der Waals surface area contributed by atoms with Gasteiger partial charge in [-0.1, -0.05) is 17.7 Å². The summed E-state index contributed by atoms with van der Waals surface area (Å²) in [6.07, 6.45) is 3.37. The summed E-state index contributed by atoms with van der Waals surface area (Å²) in [7, 11) is 0. The highest BCUT2D eigenvalue weighted by Gasteiger charge is 2.25. The second-order valence-corrected chi connectivity index (χ2v) is 6.81. The molecule has 0 fully saturated rings. The van der Waals surface area contributed by atoms with Crippen LogP contribution in [0.15, 0.2) is 22.7 Å². The topological polar surface area (TPSA) is 38.9 Å². The summed E-state index contributed by atoms with van der Waals surface area (Å²) in [5.41, 5.74) is 8.30. The standard InChI is InChI=1S/C13H12BrClN2S/c14-9-6-7(4-5-10(9)15)8-2-1-3-11-12(8)18-13(16)17-11/h4-6,8H,1-3H2,(H2,16,17). The average molecular weight is 344 g/mol. The molecule has 1 aliphatic rings. The maximum atomic E-state index is 6.05. The van der Waals surface area contributed by atoms with E-state index in [1.807, 2.05) is 6.07 Å². The first kappa shape index (κ1) is 12.5. The summed E-state index contributed by atoms with van der Waals surface area (Å²) in [6, 6.07) is 6.15. The molecule has 94 valence electrons. The molecule has 2 aromatic rings. The van der Waals surface area contributed by atoms with Gasteiger partial charge in [-0.05, 0) is 52.9 Å². The first-order valence-electron chi connectivity index (χ1n) is 5.85. The van der Waals surface area contributed by atoms with E-state index in [1.54, 1.807) is 11.3 Å². The molecule has 1 atom stereocenters. The second-order valence-electron chi connectivity index (χ2n) is 4.48. The zero-order valence-electron chi connectivity index (χ0n) is 9.62. The van der Waals surface area contributed by atoms with Crippen LogP contribution >= 0.6 is 38.9 Å². The van der Waals surface area contributed by atoms with E-state index < -0.39 is 0 Å². The van der Waals surface area contributed by atoms with Crippen molar-refractivity contribution in [2.75, 3.05) is 5.73 Å². The minimum absolute atomic E-state index is 0.414. The number of thiazole rings is 1. The number of halogens is 2. The maximum absolute atomic E-state index is 6.05. The molecular formula is C13H12BrClN2S. The minimum atomic E-state index is 0.414. The molecule has 0 radical (unpaired) electrons. The molecule has 0 spiro atoms. The fourth-order valence-electron chi connectivity index (χ4n) is 2.49. The molecule has 0 bridgehead atoms. The lowest BCUT2D eigenvalue weighted by molar-refractivity contribution is 0.617. The van der Waals surface area contributed by atoms with E-state index >= 15 is 0 Å². The number of rotatable bonds is 1. The van der Waals surface area contributed by atoms with Crippen molar-refractivity contribution < 1.29 is 0 Å². The predicted octanol–water partition coefficient (Wildman–Crippen LogP) is 4.61. The van der Waals surface area contributed by atoms with Crippen LogP contribution in [0, 0.1) is 0 Å². The van der Waals surface area contributed by atoms with Crippen molar-refractivity contribution in [2.45, 2.75) is 25.2 Å². The van der Waals surface area contributed by atoms with E-state index in [0.717, 1.165) is 22.3 Å². The second kappa shape index (κ2) is 4.83. The number of nitrogens with zero attached hydrogens (tertiary/aromatic N) is 1. The van der Waals surface area contributed by atoms with Crippen LogP contribution in [0.4, 0.5) is 5.13 Å². The van der Waals surface area contributed by atoms with Crippen LogP contribution in [0.25, 0.3) is 0 Å². The Hall–Kier alpha value is -0.580. The number of nitrogens with two attached hydrogens (primary N) is 1. The zero-order chi connectivity index (χ0) is 12.7. The molecule has 18 heavy (non-hydrogen) atoms. The summed E-state index contributed by atoms with van der Waals surface area (Å²) < 4.78 is 0.950. The highest BCUT2D eigenvalue weighted by molar-refractivity contribution is 9.10. The van der Waals surface area contributed by atoms with Crippen LogP contribution < -0.4 is 5.73 Å². The van der Waals surface area contributed by atoms with Crippen LogP contribution in [0.2, 0.25) is 5.02 Å². The highest BCUT2D eigenvalue weighted by atomic mass is 79.9. The Morgan fingerprint density at radius 2 is 2.28 bits per heavy atom. The Kier molecular flexibility index (Phi) is 3.34. The number of aryl methyl sites for hydroxylation is 1. The smallest absolute Gasteiger partial charge is 0.180 e. The summed E-state index contributed by atoms with van der Waals surface area (Å²) in [5, 5.41) is 1.43. The molecule has 1 aromatic carbocycles. The van der Waals surface area contributed by atoms with Crippen LogP contribution in [-0.4, -0.2) is 4.98 Å². The van der Waals surface area contributed by atoms with Crippen molar-refractivity contribution in [1.29, 1.82) is 0 Å². The van der Waals surface area contributed by atoms with Crippen molar-refractivity contribution in [2.24, 2.45) is 0 Å². The Morgan fingerprint density at radius 1 is 1.44 bits per heavy atom. The molecule has 0 saturated heterocycles. The van der Waals surface area contributed by atoms with Gasteiger partial charge in [-0.2, -0.15) is 0 Å². The van der Waals surface area contributed by atoms with Crippen molar-refractivity contribution >= 4 is 44.0 Å². The van der Waals surface area contributed by atoms with E-state index in [1.165, 1.54) is 22.6 Å². The lowest BCUT2D eigenvalue weighted by Gasteiger charge is -2.21. The van der Waals surface area contributed by atoms with Crippen molar-refractivity contribution in [3.05, 3.63) is 43.8 Å². The van der Waals surface area contributed by atoms with Crippen LogP contribution in [0.3, 0.4) is 0 Å². The maximum Gasteiger partial charge on any atom is 0.180 e. The molecular weight excluding hydrogens is 332 g/mol. The molecule has 0 saturated carbocycles. The molecule has 5 heteroatoms. The number of aromatic nitrogens is 1. The molecule has 2 nitrogen and oxygen atoms in total. The van der Waals surface area contributed by atoms with E-state index in [2.05, 4.69) is 33.0 Å². The van der Waals surface area contributed by atoms with Gasteiger partial charge in [0.2, 0.25) is 0 Å². The number of hydrogen-bond donors (Lipinski definition) is 1. The first-order chi connectivity index (χ1) is 8.65. The molecule has 1 unspecified atom stereocenters. The molecule has 0 amide bonds. The van der Waals surface area contributed by atoms with Gasteiger partial charge in [-0.3, -0.25) is 0 Å². The number of fused-ring (bicyclic) bond motifs is 1. The van der Waals surface area contributed by atoms with Crippen LogP contribution in [0.5, 0.6) is 0 Å². The van der Waals surface area contributed by atoms with Crippen LogP contribution in [-0.2, 0) is 6.42 Å². The fourth-order valence-corrected chi connectivity index (χ4v) is 4.04. The van der Waals surface area contributed by atoms with E-state index in [9.17, 15) is 0 Å². The molecule has 0 aliphatic heterocycles. The van der Waals surface area contributed by atoms with E-state index in [4.69, 9.17) is 17.3 Å². The third-order valence-corrected chi connectivity index (χ3v) is 5.57. The fraction of sp³-hybridized carbons (Fsp3) is 0.308. The van der Waals surface area contributed by atoms with Gasteiger partial charge in [-0.15, -0.1) is 11.3 Å². The third kappa shape index (κ3) is 2.17. The Labute approximate surface area is 123 Å². The minimum Gasteiger partial charge on any atom is -0.375 e. The summed E-state index contributed by atoms with van der Waals surface area (Å²) >= 11 is 11.2. The Morgan fingerprint density at radius 3 is 3.06 bits per heavy atom. The highest BCUT2D eigenvalue weighted by Crippen LogP contribution is 2.41. The third-order valence-electron chi connectivity index (χ3n) is 3.31. The van der Waals surface area contributed by atoms with Gasteiger partial charge >= 0.3 is 0 Å². The summed E-state index contributed by atoms with van der Waals surface area (Å²) in [5.74, 6) is 0.414. The van der Waals surface area contributed by atoms with Gasteiger partial charge in [0.15, 0.2) is 5.13 Å². The molecule has 1 heterocycles. The number of anilines is 1. The predicted molar refractivity (Wildman–Crippen MR) is 80.5 cm³/mol. The Balaban J connectivity index is 2.05. The monoisotopic (exact) mass is 342 g/mol. The number of nitrogen functional groups attached to an aromatic ring is 1. The lowest BCUT2D eigenvalue weighted by atomic mass is 9.86. The van der Waals surface area contributed by atoms with Gasteiger partial charge < -0.3 is 5.73 Å². The van der Waals surface area contributed by atoms with Gasteiger partial charge in [-0.25, -0.2) is 4.98 Å². The summed E-state index contributed by atoms with van der Waals surface area (Å²) in [4.78, 5) is 5.75. The molecule has 1 aromatic heterocycles. The van der Waals surface area contributed by atoms with Crippen molar-refractivity contribution in [3.8, 4) is 0 Å². The molecule has 3 rings (SSSR count). The summed E-state index contributed by atoms with van der Waals surface area (Å²) in [6.45, 7) is 0. The van der Waals surface area contributed by atoms with Gasteiger partial charge in [0, 0.05) is 15.3 Å². The first-order valence-corrected chi connectivity index (χ1v) is 7.84. The van der Waals surface area contributed by atoms with Gasteiger partial charge in [0.1, 0.15) is 0 Å². The Bertz CT molecular complexity index is 597. The SMILES string of the molecule is Nc1nc2c(s1)C(c1ccc(Cl)c(Br)c1)CCC2. The van der Waals surface area contributed by atoms with Crippen LogP contribution in [0.1, 0.15) is 34.9 Å². The normalized spacial score (nSPS) is 18.7. The van der Waals surface area contributed by atoms with Crippen molar-refractivity contribution in [3.63, 3.8) is 0 Å².